The van der Waals surface area contributed by atoms with Gasteiger partial charge in [0.05, 0.1) is 18.2 Å². The summed E-state index contributed by atoms with van der Waals surface area (Å²) in [6, 6.07) is 16.0. The van der Waals surface area contributed by atoms with Crippen LogP contribution in [0.15, 0.2) is 48.5 Å². The van der Waals surface area contributed by atoms with Gasteiger partial charge < -0.3 is 14.5 Å². The van der Waals surface area contributed by atoms with Crippen LogP contribution in [0.3, 0.4) is 0 Å². The topological polar surface area (TPSA) is 32.8 Å². The Morgan fingerprint density at radius 1 is 1.14 bits per heavy atom. The summed E-state index contributed by atoms with van der Waals surface area (Å²) in [6.07, 6.45) is 2.66. The quantitative estimate of drug-likeness (QED) is 0.744. The van der Waals surface area contributed by atoms with Crippen LogP contribution < -0.4 is 9.64 Å². The molecular weight excluding hydrogens is 372 g/mol. The summed E-state index contributed by atoms with van der Waals surface area (Å²) in [5.74, 6) is 1.77. The first kappa shape index (κ1) is 19.1. The van der Waals surface area contributed by atoms with E-state index in [-0.39, 0.29) is 11.9 Å². The van der Waals surface area contributed by atoms with Gasteiger partial charge in [-0.05, 0) is 42.5 Å². The number of nitrogens with zero attached hydrogens (tertiary/aromatic N) is 2. The Labute approximate surface area is 172 Å². The van der Waals surface area contributed by atoms with Crippen LogP contribution in [-0.4, -0.2) is 36.5 Å². The number of amides is 1. The molecule has 1 amide bonds. The molecule has 28 heavy (non-hydrogen) atoms. The van der Waals surface area contributed by atoms with E-state index < -0.39 is 0 Å². The summed E-state index contributed by atoms with van der Waals surface area (Å²) in [5, 5.41) is 0.678. The van der Waals surface area contributed by atoms with Crippen LogP contribution in [0.25, 0.3) is 0 Å². The Balaban J connectivity index is 1.55. The summed E-state index contributed by atoms with van der Waals surface area (Å²) >= 11 is 6.28. The highest BCUT2D eigenvalue weighted by Gasteiger charge is 2.31. The van der Waals surface area contributed by atoms with E-state index in [9.17, 15) is 4.79 Å². The highest BCUT2D eigenvalue weighted by atomic mass is 35.5. The minimum Gasteiger partial charge on any atom is -0.489 e. The normalized spacial score (nSPS) is 19.9. The van der Waals surface area contributed by atoms with Crippen molar-refractivity contribution < 1.29 is 9.53 Å². The van der Waals surface area contributed by atoms with E-state index in [1.807, 2.05) is 41.3 Å². The third-order valence-electron chi connectivity index (χ3n) is 5.84. The molecule has 2 aliphatic heterocycles. The molecule has 0 radical (unpaired) electrons. The number of carbonyl (C=O) groups excluding carboxylic acids is 1. The SMILES string of the molecule is CC1CCN(C(=O)C[C@H]2COc3ccc(Cl)cc3N2Cc2ccccc2)CC1. The third kappa shape index (κ3) is 4.27. The molecule has 1 atom stereocenters. The van der Waals surface area contributed by atoms with Crippen LogP contribution in [-0.2, 0) is 11.3 Å². The lowest BCUT2D eigenvalue weighted by molar-refractivity contribution is -0.133. The number of fused-ring (bicyclic) bond motifs is 1. The van der Waals surface area contributed by atoms with Gasteiger partial charge in [0.2, 0.25) is 5.91 Å². The maximum Gasteiger partial charge on any atom is 0.224 e. The van der Waals surface area contributed by atoms with Crippen molar-refractivity contribution in [3.05, 3.63) is 59.1 Å². The van der Waals surface area contributed by atoms with Gasteiger partial charge in [0.1, 0.15) is 12.4 Å². The zero-order chi connectivity index (χ0) is 19.5. The van der Waals surface area contributed by atoms with Gasteiger partial charge in [0.25, 0.3) is 0 Å². The minimum absolute atomic E-state index is 0.00183. The predicted octanol–water partition coefficient (Wildman–Crippen LogP) is 4.76. The van der Waals surface area contributed by atoms with Gasteiger partial charge in [-0.15, -0.1) is 0 Å². The van der Waals surface area contributed by atoms with Crippen LogP contribution in [0.1, 0.15) is 31.7 Å². The molecule has 0 spiro atoms. The second-order valence-corrected chi connectivity index (χ2v) is 8.39. The molecule has 2 aliphatic rings. The molecule has 4 rings (SSSR count). The molecule has 0 aromatic heterocycles. The van der Waals surface area contributed by atoms with Gasteiger partial charge >= 0.3 is 0 Å². The molecular formula is C23H27ClN2O2. The van der Waals surface area contributed by atoms with Crippen LogP contribution in [0.5, 0.6) is 5.75 Å². The Morgan fingerprint density at radius 2 is 1.89 bits per heavy atom. The summed E-state index contributed by atoms with van der Waals surface area (Å²) in [7, 11) is 0. The van der Waals surface area contributed by atoms with Crippen molar-refractivity contribution >= 4 is 23.2 Å². The number of halogens is 1. The highest BCUT2D eigenvalue weighted by Crippen LogP contribution is 2.38. The molecule has 1 saturated heterocycles. The molecule has 5 heteroatoms. The van der Waals surface area contributed by atoms with Crippen LogP contribution in [0.4, 0.5) is 5.69 Å². The third-order valence-corrected chi connectivity index (χ3v) is 6.08. The molecule has 0 N–H and O–H groups in total. The largest absolute Gasteiger partial charge is 0.489 e. The van der Waals surface area contributed by atoms with Gasteiger partial charge in [0, 0.05) is 24.7 Å². The van der Waals surface area contributed by atoms with E-state index in [0.29, 0.717) is 24.0 Å². The number of rotatable bonds is 4. The Hall–Kier alpha value is -2.20. The first-order valence-corrected chi connectivity index (χ1v) is 10.5. The molecule has 1 fully saturated rings. The smallest absolute Gasteiger partial charge is 0.224 e. The van der Waals surface area contributed by atoms with Crippen molar-refractivity contribution in [2.24, 2.45) is 5.92 Å². The zero-order valence-electron chi connectivity index (χ0n) is 16.3. The lowest BCUT2D eigenvalue weighted by atomic mass is 9.98. The van der Waals surface area contributed by atoms with Crippen LogP contribution in [0.2, 0.25) is 5.02 Å². The lowest BCUT2D eigenvalue weighted by Crippen LogP contribution is -2.47. The van der Waals surface area contributed by atoms with Crippen molar-refractivity contribution in [3.63, 3.8) is 0 Å². The van der Waals surface area contributed by atoms with Gasteiger partial charge in [-0.2, -0.15) is 0 Å². The maximum absolute atomic E-state index is 13.0. The van der Waals surface area contributed by atoms with Crippen molar-refractivity contribution in [2.75, 3.05) is 24.6 Å². The number of anilines is 1. The number of hydrogen-bond acceptors (Lipinski definition) is 3. The summed E-state index contributed by atoms with van der Waals surface area (Å²) in [5.41, 5.74) is 2.17. The second kappa shape index (κ2) is 8.44. The van der Waals surface area contributed by atoms with E-state index in [0.717, 1.165) is 43.9 Å². The number of piperidine rings is 1. The van der Waals surface area contributed by atoms with Crippen molar-refractivity contribution in [3.8, 4) is 5.75 Å². The van der Waals surface area contributed by atoms with E-state index >= 15 is 0 Å². The highest BCUT2D eigenvalue weighted by molar-refractivity contribution is 6.31. The van der Waals surface area contributed by atoms with Crippen LogP contribution in [0, 0.1) is 5.92 Å². The number of ether oxygens (including phenoxy) is 1. The summed E-state index contributed by atoms with van der Waals surface area (Å²) < 4.78 is 5.99. The fraction of sp³-hybridized carbons (Fsp3) is 0.435. The van der Waals surface area contributed by atoms with Crippen molar-refractivity contribution in [1.82, 2.24) is 4.90 Å². The molecule has 0 unspecified atom stereocenters. The molecule has 2 aromatic rings. The minimum atomic E-state index is -0.00183. The average molecular weight is 399 g/mol. The lowest BCUT2D eigenvalue weighted by Gasteiger charge is -2.40. The van der Waals surface area contributed by atoms with E-state index in [1.165, 1.54) is 5.56 Å². The Bertz CT molecular complexity index is 819. The summed E-state index contributed by atoms with van der Waals surface area (Å²) in [6.45, 7) is 5.24. The van der Waals surface area contributed by atoms with Gasteiger partial charge in [-0.1, -0.05) is 48.9 Å². The molecule has 0 saturated carbocycles. The maximum atomic E-state index is 13.0. The van der Waals surface area contributed by atoms with E-state index in [2.05, 4.69) is 24.0 Å². The standard InChI is InChI=1S/C23H27ClN2O2/c1-17-9-11-25(12-10-17)23(27)14-20-16-28-22-8-7-19(24)13-21(22)26(20)15-18-5-3-2-4-6-18/h2-8,13,17,20H,9-12,14-16H2,1H3/t20-/m0/s1. The number of benzene rings is 2. The van der Waals surface area contributed by atoms with Gasteiger partial charge in [-0.25, -0.2) is 0 Å². The first-order chi connectivity index (χ1) is 13.6. The fourth-order valence-corrected chi connectivity index (χ4v) is 4.23. The van der Waals surface area contributed by atoms with Crippen molar-refractivity contribution in [2.45, 2.75) is 38.8 Å². The van der Waals surface area contributed by atoms with Gasteiger partial charge in [0.15, 0.2) is 0 Å². The van der Waals surface area contributed by atoms with Crippen LogP contribution >= 0.6 is 11.6 Å². The zero-order valence-corrected chi connectivity index (χ0v) is 17.1. The summed E-state index contributed by atoms with van der Waals surface area (Å²) in [4.78, 5) is 17.3. The van der Waals surface area contributed by atoms with Gasteiger partial charge in [-0.3, -0.25) is 4.79 Å². The fourth-order valence-electron chi connectivity index (χ4n) is 4.06. The number of hydrogen-bond donors (Lipinski definition) is 0. The monoisotopic (exact) mass is 398 g/mol. The number of carbonyl (C=O) groups is 1. The molecule has 148 valence electrons. The molecule has 0 bridgehead atoms. The number of likely N-dealkylation sites (tertiary alicyclic amines) is 1. The van der Waals surface area contributed by atoms with E-state index in [1.54, 1.807) is 0 Å². The van der Waals surface area contributed by atoms with E-state index in [4.69, 9.17) is 16.3 Å². The second-order valence-electron chi connectivity index (χ2n) is 7.96. The predicted molar refractivity (Wildman–Crippen MR) is 113 cm³/mol. The first-order valence-electron chi connectivity index (χ1n) is 10.1. The Kier molecular flexibility index (Phi) is 5.77. The molecule has 4 nitrogen and oxygen atoms in total. The van der Waals surface area contributed by atoms with Crippen molar-refractivity contribution in [1.29, 1.82) is 0 Å². The molecule has 2 aromatic carbocycles. The average Bonchev–Trinajstić information content (AvgIpc) is 2.71. The molecule has 0 aliphatic carbocycles. The molecule has 2 heterocycles. The Morgan fingerprint density at radius 3 is 2.64 bits per heavy atom.